The van der Waals surface area contributed by atoms with Crippen molar-refractivity contribution in [3.63, 3.8) is 0 Å². The number of ether oxygens (including phenoxy) is 1. The minimum Gasteiger partial charge on any atom is -0.465 e. The van der Waals surface area contributed by atoms with E-state index >= 15 is 0 Å². The lowest BCUT2D eigenvalue weighted by molar-refractivity contribution is -0.152. The number of carbonyl (C=O) groups is 1. The van der Waals surface area contributed by atoms with E-state index in [1.165, 1.54) is 24.0 Å². The zero-order valence-corrected chi connectivity index (χ0v) is 13.3. The van der Waals surface area contributed by atoms with Crippen LogP contribution in [0.5, 0.6) is 0 Å². The molecule has 0 spiro atoms. The Balaban J connectivity index is 1.87. The SMILES string of the molecule is CCOC(=O)C1(NC2CC2)CCc2cc(Br)ccc2C1. The van der Waals surface area contributed by atoms with Crippen LogP contribution in [-0.2, 0) is 22.4 Å². The third-order valence-corrected chi connectivity index (χ3v) is 4.70. The van der Waals surface area contributed by atoms with Crippen molar-refractivity contribution in [1.82, 2.24) is 5.32 Å². The molecule has 3 nitrogen and oxygen atoms in total. The highest BCUT2D eigenvalue weighted by atomic mass is 79.9. The van der Waals surface area contributed by atoms with Crippen LogP contribution in [0.4, 0.5) is 0 Å². The Morgan fingerprint density at radius 1 is 1.45 bits per heavy atom. The van der Waals surface area contributed by atoms with E-state index in [-0.39, 0.29) is 5.97 Å². The van der Waals surface area contributed by atoms with Gasteiger partial charge in [0.25, 0.3) is 0 Å². The summed E-state index contributed by atoms with van der Waals surface area (Å²) in [5, 5.41) is 3.56. The third-order valence-electron chi connectivity index (χ3n) is 4.21. The lowest BCUT2D eigenvalue weighted by Gasteiger charge is -2.37. The maximum absolute atomic E-state index is 12.5. The van der Waals surface area contributed by atoms with Gasteiger partial charge in [0.15, 0.2) is 0 Å². The van der Waals surface area contributed by atoms with E-state index in [4.69, 9.17) is 4.74 Å². The van der Waals surface area contributed by atoms with Crippen molar-refractivity contribution in [3.05, 3.63) is 33.8 Å². The largest absolute Gasteiger partial charge is 0.465 e. The van der Waals surface area contributed by atoms with Gasteiger partial charge < -0.3 is 4.74 Å². The number of benzene rings is 1. The van der Waals surface area contributed by atoms with Crippen LogP contribution in [0, 0.1) is 0 Å². The number of aryl methyl sites for hydroxylation is 1. The van der Waals surface area contributed by atoms with Gasteiger partial charge in [-0.15, -0.1) is 0 Å². The summed E-state index contributed by atoms with van der Waals surface area (Å²) < 4.78 is 6.45. The van der Waals surface area contributed by atoms with E-state index in [2.05, 4.69) is 39.4 Å². The van der Waals surface area contributed by atoms with E-state index in [1.807, 2.05) is 6.92 Å². The van der Waals surface area contributed by atoms with Crippen LogP contribution in [0.1, 0.15) is 37.3 Å². The van der Waals surface area contributed by atoms with Gasteiger partial charge in [0.05, 0.1) is 6.61 Å². The Bertz CT molecular complexity index is 527. The fourth-order valence-corrected chi connectivity index (χ4v) is 3.41. The summed E-state index contributed by atoms with van der Waals surface area (Å²) in [4.78, 5) is 12.5. The molecule has 1 aromatic rings. The van der Waals surface area contributed by atoms with Crippen LogP contribution < -0.4 is 5.32 Å². The van der Waals surface area contributed by atoms with Crippen molar-refractivity contribution in [2.45, 2.75) is 50.6 Å². The van der Waals surface area contributed by atoms with Crippen LogP contribution >= 0.6 is 15.9 Å². The number of halogens is 1. The van der Waals surface area contributed by atoms with Crippen molar-refractivity contribution in [3.8, 4) is 0 Å². The fraction of sp³-hybridized carbons (Fsp3) is 0.562. The summed E-state index contributed by atoms with van der Waals surface area (Å²) in [7, 11) is 0. The standard InChI is InChI=1S/C16H20BrNO2/c1-2-20-15(19)16(18-14-5-6-14)8-7-11-9-13(17)4-3-12(11)10-16/h3-4,9,14,18H,2,5-8,10H2,1H3. The second-order valence-corrected chi connectivity index (χ2v) is 6.73. The second-order valence-electron chi connectivity index (χ2n) is 5.81. The Morgan fingerprint density at radius 3 is 2.95 bits per heavy atom. The molecule has 0 aromatic heterocycles. The van der Waals surface area contributed by atoms with Crippen molar-refractivity contribution >= 4 is 21.9 Å². The fourth-order valence-electron chi connectivity index (χ4n) is 3.01. The van der Waals surface area contributed by atoms with Crippen LogP contribution in [0.3, 0.4) is 0 Å². The summed E-state index contributed by atoms with van der Waals surface area (Å²) in [6.45, 7) is 2.32. The maximum atomic E-state index is 12.5. The number of rotatable bonds is 4. The molecule has 2 aliphatic carbocycles. The minimum absolute atomic E-state index is 0.0829. The monoisotopic (exact) mass is 337 g/mol. The zero-order chi connectivity index (χ0) is 14.2. The summed E-state index contributed by atoms with van der Waals surface area (Å²) in [5.41, 5.74) is 2.09. The summed E-state index contributed by atoms with van der Waals surface area (Å²) >= 11 is 3.52. The van der Waals surface area contributed by atoms with Gasteiger partial charge in [0.1, 0.15) is 5.54 Å². The summed E-state index contributed by atoms with van der Waals surface area (Å²) in [5.74, 6) is -0.0829. The molecule has 0 heterocycles. The van der Waals surface area contributed by atoms with Gasteiger partial charge in [-0.1, -0.05) is 22.0 Å². The molecule has 20 heavy (non-hydrogen) atoms. The molecule has 1 fully saturated rings. The van der Waals surface area contributed by atoms with Gasteiger partial charge in [0.2, 0.25) is 0 Å². The third kappa shape index (κ3) is 2.77. The second kappa shape index (κ2) is 5.49. The van der Waals surface area contributed by atoms with Gasteiger partial charge in [-0.3, -0.25) is 10.1 Å². The first-order valence-corrected chi connectivity index (χ1v) is 8.14. The van der Waals surface area contributed by atoms with Crippen LogP contribution in [0.2, 0.25) is 0 Å². The molecule has 1 atom stereocenters. The Labute approximate surface area is 128 Å². The minimum atomic E-state index is -0.516. The van der Waals surface area contributed by atoms with Crippen molar-refractivity contribution in [1.29, 1.82) is 0 Å². The molecule has 4 heteroatoms. The Morgan fingerprint density at radius 2 is 2.25 bits per heavy atom. The predicted molar refractivity (Wildman–Crippen MR) is 81.7 cm³/mol. The van der Waals surface area contributed by atoms with E-state index in [1.54, 1.807) is 0 Å². The molecular weight excluding hydrogens is 318 g/mol. The number of carbonyl (C=O) groups excluding carboxylic acids is 1. The Hall–Kier alpha value is -0.870. The molecule has 2 aliphatic rings. The van der Waals surface area contributed by atoms with E-state index in [0.717, 1.165) is 23.7 Å². The normalized spacial score (nSPS) is 25.1. The number of hydrogen-bond donors (Lipinski definition) is 1. The van der Waals surface area contributed by atoms with Crippen LogP contribution in [0.25, 0.3) is 0 Å². The van der Waals surface area contributed by atoms with Crippen molar-refractivity contribution < 1.29 is 9.53 Å². The molecular formula is C16H20BrNO2. The number of hydrogen-bond acceptors (Lipinski definition) is 3. The van der Waals surface area contributed by atoms with Crippen molar-refractivity contribution in [2.75, 3.05) is 6.61 Å². The average molecular weight is 338 g/mol. The van der Waals surface area contributed by atoms with Crippen molar-refractivity contribution in [2.24, 2.45) is 0 Å². The summed E-state index contributed by atoms with van der Waals surface area (Å²) in [6, 6.07) is 6.84. The lowest BCUT2D eigenvalue weighted by atomic mass is 9.77. The van der Waals surface area contributed by atoms with Gasteiger partial charge in [-0.2, -0.15) is 0 Å². The molecule has 0 saturated heterocycles. The topological polar surface area (TPSA) is 38.3 Å². The van der Waals surface area contributed by atoms with Gasteiger partial charge in [-0.25, -0.2) is 0 Å². The molecule has 1 unspecified atom stereocenters. The van der Waals surface area contributed by atoms with Gasteiger partial charge in [-0.05, 0) is 55.9 Å². The van der Waals surface area contributed by atoms with E-state index in [0.29, 0.717) is 12.6 Å². The highest BCUT2D eigenvalue weighted by Gasteiger charge is 2.45. The smallest absolute Gasteiger partial charge is 0.326 e. The van der Waals surface area contributed by atoms with Crippen LogP contribution in [-0.4, -0.2) is 24.2 Å². The van der Waals surface area contributed by atoms with Gasteiger partial charge in [0, 0.05) is 16.9 Å². The Kier molecular flexibility index (Phi) is 3.87. The average Bonchev–Trinajstić information content (AvgIpc) is 3.23. The number of nitrogens with one attached hydrogen (secondary N) is 1. The highest BCUT2D eigenvalue weighted by Crippen LogP contribution is 2.34. The highest BCUT2D eigenvalue weighted by molar-refractivity contribution is 9.10. The predicted octanol–water partition coefficient (Wildman–Crippen LogP) is 2.99. The first-order valence-electron chi connectivity index (χ1n) is 7.35. The molecule has 1 N–H and O–H groups in total. The van der Waals surface area contributed by atoms with E-state index < -0.39 is 5.54 Å². The molecule has 1 aromatic carbocycles. The van der Waals surface area contributed by atoms with E-state index in [9.17, 15) is 4.79 Å². The summed E-state index contributed by atoms with van der Waals surface area (Å²) in [6.07, 6.45) is 4.84. The van der Waals surface area contributed by atoms with Gasteiger partial charge >= 0.3 is 5.97 Å². The first kappa shape index (κ1) is 14.1. The quantitative estimate of drug-likeness (QED) is 0.858. The lowest BCUT2D eigenvalue weighted by Crippen LogP contribution is -2.57. The molecule has 0 amide bonds. The molecule has 1 saturated carbocycles. The number of esters is 1. The molecule has 108 valence electrons. The molecule has 0 radical (unpaired) electrons. The van der Waals surface area contributed by atoms with Crippen LogP contribution in [0.15, 0.2) is 22.7 Å². The zero-order valence-electron chi connectivity index (χ0n) is 11.7. The first-order chi connectivity index (χ1) is 9.63. The molecule has 0 aliphatic heterocycles. The molecule has 3 rings (SSSR count). The molecule has 0 bridgehead atoms. The number of fused-ring (bicyclic) bond motifs is 1. The maximum Gasteiger partial charge on any atom is 0.326 e.